The van der Waals surface area contributed by atoms with E-state index in [1.54, 1.807) is 20.8 Å². The van der Waals surface area contributed by atoms with Crippen molar-refractivity contribution in [1.29, 1.82) is 0 Å². The Bertz CT molecular complexity index is 751. The fourth-order valence-corrected chi connectivity index (χ4v) is 3.90. The number of rotatable bonds is 10. The zero-order valence-electron chi connectivity index (χ0n) is 20.7. The highest BCUT2D eigenvalue weighted by molar-refractivity contribution is 5.79. The molecule has 0 aliphatic rings. The van der Waals surface area contributed by atoms with Crippen molar-refractivity contribution in [2.24, 2.45) is 16.2 Å². The maximum atomic E-state index is 14.3. The Hall–Kier alpha value is -1.87. The maximum absolute atomic E-state index is 14.3. The second kappa shape index (κ2) is 11.0. The van der Waals surface area contributed by atoms with Crippen LogP contribution in [0.5, 0.6) is 5.75 Å². The molecule has 190 valence electrons. The first-order valence-corrected chi connectivity index (χ1v) is 10.7. The monoisotopic (exact) mass is 480 g/mol. The average molecular weight is 481 g/mol. The smallest absolute Gasteiger partial charge is 0.405 e. The molecule has 0 aromatic heterocycles. The Morgan fingerprint density at radius 3 is 1.73 bits per heavy atom. The number of hydrogen-bond acceptors (Lipinski definition) is 5. The van der Waals surface area contributed by atoms with Crippen LogP contribution in [0.15, 0.2) is 12.1 Å². The Labute approximate surface area is 193 Å². The van der Waals surface area contributed by atoms with E-state index in [1.165, 1.54) is 47.1 Å². The Morgan fingerprint density at radius 2 is 1.36 bits per heavy atom. The molecule has 0 N–H and O–H groups in total. The molecular formula is C24H36F4O5. The highest BCUT2D eigenvalue weighted by Crippen LogP contribution is 2.57. The van der Waals surface area contributed by atoms with Gasteiger partial charge in [-0.05, 0) is 29.4 Å². The molecule has 1 rings (SSSR count). The molecule has 0 heterocycles. The van der Waals surface area contributed by atoms with E-state index in [4.69, 9.17) is 18.9 Å². The van der Waals surface area contributed by atoms with E-state index >= 15 is 0 Å². The van der Waals surface area contributed by atoms with E-state index in [1.807, 2.05) is 0 Å². The van der Waals surface area contributed by atoms with Crippen LogP contribution in [0.4, 0.5) is 17.6 Å². The molecule has 5 nitrogen and oxygen atoms in total. The van der Waals surface area contributed by atoms with E-state index in [0.29, 0.717) is 11.1 Å². The molecule has 0 spiro atoms. The number of benzene rings is 1. The minimum atomic E-state index is -4.81. The number of carbonyl (C=O) groups is 1. The van der Waals surface area contributed by atoms with Gasteiger partial charge in [0.25, 0.3) is 0 Å². The summed E-state index contributed by atoms with van der Waals surface area (Å²) in [5.74, 6) is -1.56. The van der Waals surface area contributed by atoms with Crippen molar-refractivity contribution < 1.29 is 41.3 Å². The minimum absolute atomic E-state index is 0.0520. The van der Waals surface area contributed by atoms with Gasteiger partial charge in [0, 0.05) is 25.3 Å². The molecule has 0 bridgehead atoms. The third-order valence-corrected chi connectivity index (χ3v) is 5.28. The summed E-state index contributed by atoms with van der Waals surface area (Å²) in [5, 5.41) is 0. The number of esters is 1. The molecule has 0 aliphatic heterocycles. The summed E-state index contributed by atoms with van der Waals surface area (Å²) in [6, 6.07) is 2.48. The van der Waals surface area contributed by atoms with Crippen LogP contribution in [0.3, 0.4) is 0 Å². The average Bonchev–Trinajstić information content (AvgIpc) is 2.62. The molecule has 0 saturated heterocycles. The lowest BCUT2D eigenvalue weighted by atomic mass is 9.59. The quantitative estimate of drug-likeness (QED) is 0.231. The molecule has 1 aromatic carbocycles. The number of ether oxygens (including phenoxy) is 4. The standard InChI is InChI=1S/C24H36F4O5/c1-21(2,3)15-23(22(4,5)6,24(26,27)28)20(29)33-10-9-32-19-16(13-30-7)11-18(25)12-17(19)14-31-8/h11-12H,9-10,13-15H2,1-8H3. The lowest BCUT2D eigenvalue weighted by Gasteiger charge is -2.46. The number of carbonyl (C=O) groups excluding carboxylic acids is 1. The molecular weight excluding hydrogens is 444 g/mol. The zero-order chi connectivity index (χ0) is 25.7. The van der Waals surface area contributed by atoms with Gasteiger partial charge in [0.05, 0.1) is 13.2 Å². The van der Waals surface area contributed by atoms with Gasteiger partial charge in [0.1, 0.15) is 24.8 Å². The van der Waals surface area contributed by atoms with Gasteiger partial charge >= 0.3 is 12.1 Å². The van der Waals surface area contributed by atoms with E-state index in [-0.39, 0.29) is 25.6 Å². The van der Waals surface area contributed by atoms with Gasteiger partial charge in [-0.15, -0.1) is 0 Å². The fourth-order valence-electron chi connectivity index (χ4n) is 3.90. The molecule has 0 aliphatic carbocycles. The van der Waals surface area contributed by atoms with Crippen LogP contribution in [0.25, 0.3) is 0 Å². The van der Waals surface area contributed by atoms with Gasteiger partial charge in [-0.25, -0.2) is 4.39 Å². The summed E-state index contributed by atoms with van der Waals surface area (Å²) < 4.78 is 77.9. The third kappa shape index (κ3) is 7.30. The summed E-state index contributed by atoms with van der Waals surface area (Å²) in [6.45, 7) is 8.58. The molecule has 1 aromatic rings. The van der Waals surface area contributed by atoms with Gasteiger partial charge in [0.15, 0.2) is 5.41 Å². The Kier molecular flexibility index (Phi) is 9.75. The van der Waals surface area contributed by atoms with Gasteiger partial charge < -0.3 is 18.9 Å². The first-order chi connectivity index (χ1) is 15.0. The third-order valence-electron chi connectivity index (χ3n) is 5.28. The topological polar surface area (TPSA) is 54.0 Å². The molecule has 33 heavy (non-hydrogen) atoms. The lowest BCUT2D eigenvalue weighted by Crippen LogP contribution is -2.56. The van der Waals surface area contributed by atoms with Crippen LogP contribution in [0.2, 0.25) is 0 Å². The first-order valence-electron chi connectivity index (χ1n) is 10.7. The summed E-state index contributed by atoms with van der Waals surface area (Å²) in [5.41, 5.74) is -4.11. The van der Waals surface area contributed by atoms with Crippen LogP contribution < -0.4 is 4.74 Å². The molecule has 0 amide bonds. The van der Waals surface area contributed by atoms with Gasteiger partial charge in [-0.1, -0.05) is 41.5 Å². The van der Waals surface area contributed by atoms with Crippen LogP contribution in [0.1, 0.15) is 59.1 Å². The SMILES string of the molecule is COCc1cc(F)cc(COC)c1OCCOC(=O)C(CC(C)(C)C)(C(C)(C)C)C(F)(F)F. The fraction of sp³-hybridized carbons (Fsp3) is 0.708. The van der Waals surface area contributed by atoms with Crippen molar-refractivity contribution in [3.05, 3.63) is 29.1 Å². The van der Waals surface area contributed by atoms with E-state index < -0.39 is 47.2 Å². The van der Waals surface area contributed by atoms with Crippen molar-refractivity contribution in [2.45, 2.75) is 67.4 Å². The van der Waals surface area contributed by atoms with Crippen molar-refractivity contribution in [1.82, 2.24) is 0 Å². The Balaban J connectivity index is 3.10. The number of hydrogen-bond donors (Lipinski definition) is 0. The van der Waals surface area contributed by atoms with Gasteiger partial charge in [-0.2, -0.15) is 13.2 Å². The molecule has 1 atom stereocenters. The summed E-state index contributed by atoms with van der Waals surface area (Å²) in [7, 11) is 2.87. The van der Waals surface area contributed by atoms with Crippen LogP contribution >= 0.6 is 0 Å². The molecule has 0 saturated carbocycles. The van der Waals surface area contributed by atoms with Crippen molar-refractivity contribution in [2.75, 3.05) is 27.4 Å². The van der Waals surface area contributed by atoms with Crippen LogP contribution in [-0.2, 0) is 32.2 Å². The second-order valence-electron chi connectivity index (χ2n) is 10.3. The van der Waals surface area contributed by atoms with E-state index in [2.05, 4.69) is 0 Å². The number of halogens is 4. The second-order valence-corrected chi connectivity index (χ2v) is 10.3. The van der Waals surface area contributed by atoms with Crippen LogP contribution in [0, 0.1) is 22.1 Å². The van der Waals surface area contributed by atoms with Crippen molar-refractivity contribution in [3.8, 4) is 5.75 Å². The van der Waals surface area contributed by atoms with E-state index in [9.17, 15) is 22.4 Å². The molecule has 0 fully saturated rings. The highest BCUT2D eigenvalue weighted by Gasteiger charge is 2.68. The lowest BCUT2D eigenvalue weighted by molar-refractivity contribution is -0.269. The Morgan fingerprint density at radius 1 is 0.879 bits per heavy atom. The predicted molar refractivity (Wildman–Crippen MR) is 116 cm³/mol. The number of alkyl halides is 3. The summed E-state index contributed by atoms with van der Waals surface area (Å²) >= 11 is 0. The van der Waals surface area contributed by atoms with Crippen LogP contribution in [-0.4, -0.2) is 39.6 Å². The van der Waals surface area contributed by atoms with E-state index in [0.717, 1.165) is 0 Å². The van der Waals surface area contributed by atoms with Crippen molar-refractivity contribution >= 4 is 5.97 Å². The molecule has 1 unspecified atom stereocenters. The summed E-state index contributed by atoms with van der Waals surface area (Å²) in [6.07, 6.45) is -5.24. The zero-order valence-corrected chi connectivity index (χ0v) is 20.7. The highest BCUT2D eigenvalue weighted by atomic mass is 19.4. The van der Waals surface area contributed by atoms with Gasteiger partial charge in [-0.3, -0.25) is 4.79 Å². The minimum Gasteiger partial charge on any atom is -0.489 e. The maximum Gasteiger partial charge on any atom is 0.405 e. The molecule has 0 radical (unpaired) electrons. The first kappa shape index (κ1) is 29.2. The molecule has 9 heteroatoms. The van der Waals surface area contributed by atoms with Crippen molar-refractivity contribution in [3.63, 3.8) is 0 Å². The largest absolute Gasteiger partial charge is 0.489 e. The number of methoxy groups -OCH3 is 2. The van der Waals surface area contributed by atoms with Gasteiger partial charge in [0.2, 0.25) is 0 Å². The normalized spacial score (nSPS) is 14.7. The predicted octanol–water partition coefficient (Wildman–Crippen LogP) is 6.07. The summed E-state index contributed by atoms with van der Waals surface area (Å²) in [4.78, 5) is 12.9.